The molecule has 3 heterocycles. The molecule has 26 heavy (non-hydrogen) atoms. The van der Waals surface area contributed by atoms with Gasteiger partial charge in [-0.15, -0.1) is 0 Å². The fourth-order valence-corrected chi connectivity index (χ4v) is 4.10. The molecule has 1 aromatic rings. The van der Waals surface area contributed by atoms with Gasteiger partial charge in [0.1, 0.15) is 11.9 Å². The number of rotatable bonds is 5. The van der Waals surface area contributed by atoms with E-state index >= 15 is 0 Å². The highest BCUT2D eigenvalue weighted by molar-refractivity contribution is 5.93. The van der Waals surface area contributed by atoms with E-state index in [9.17, 15) is 10.1 Å². The molecule has 0 spiro atoms. The molecule has 2 fully saturated rings. The Kier molecular flexibility index (Phi) is 6.00. The van der Waals surface area contributed by atoms with E-state index in [2.05, 4.69) is 27.8 Å². The molecular formula is C20H30N4O2. The van der Waals surface area contributed by atoms with Crippen molar-refractivity contribution in [1.82, 2.24) is 9.47 Å². The lowest BCUT2D eigenvalue weighted by molar-refractivity contribution is -0.118. The largest absolute Gasteiger partial charge is 0.376 e. The minimum Gasteiger partial charge on any atom is -0.376 e. The molecule has 3 rings (SSSR count). The van der Waals surface area contributed by atoms with Crippen LogP contribution in [0.3, 0.4) is 0 Å². The van der Waals surface area contributed by atoms with Crippen molar-refractivity contribution in [2.45, 2.75) is 71.6 Å². The van der Waals surface area contributed by atoms with Gasteiger partial charge >= 0.3 is 0 Å². The predicted molar refractivity (Wildman–Crippen MR) is 101 cm³/mol. The smallest absolute Gasteiger partial charge is 0.239 e. The van der Waals surface area contributed by atoms with Gasteiger partial charge < -0.3 is 14.6 Å². The number of ether oxygens (including phenoxy) is 1. The molecular weight excluding hydrogens is 328 g/mol. The molecule has 0 bridgehead atoms. The average molecular weight is 358 g/mol. The van der Waals surface area contributed by atoms with Crippen LogP contribution in [-0.2, 0) is 16.1 Å². The molecule has 0 aromatic carbocycles. The van der Waals surface area contributed by atoms with Gasteiger partial charge in [0.2, 0.25) is 5.91 Å². The lowest BCUT2D eigenvalue weighted by Gasteiger charge is -2.32. The Morgan fingerprint density at radius 3 is 2.77 bits per heavy atom. The summed E-state index contributed by atoms with van der Waals surface area (Å²) in [5.41, 5.74) is 2.53. The first-order valence-corrected chi connectivity index (χ1v) is 9.76. The summed E-state index contributed by atoms with van der Waals surface area (Å²) < 4.78 is 7.82. The van der Waals surface area contributed by atoms with Gasteiger partial charge in [-0.1, -0.05) is 6.42 Å². The summed E-state index contributed by atoms with van der Waals surface area (Å²) in [6, 6.07) is 2.71. The molecule has 2 aliphatic rings. The van der Waals surface area contributed by atoms with E-state index in [4.69, 9.17) is 4.74 Å². The lowest BCUT2D eigenvalue weighted by Crippen LogP contribution is -2.42. The normalized spacial score (nSPS) is 23.8. The number of piperidine rings is 1. The Balaban J connectivity index is 1.77. The van der Waals surface area contributed by atoms with E-state index < -0.39 is 0 Å². The first kappa shape index (κ1) is 18.9. The lowest BCUT2D eigenvalue weighted by atomic mass is 10.0. The van der Waals surface area contributed by atoms with E-state index in [1.807, 2.05) is 13.8 Å². The maximum absolute atomic E-state index is 12.7. The van der Waals surface area contributed by atoms with Crippen molar-refractivity contribution < 1.29 is 9.53 Å². The predicted octanol–water partition coefficient (Wildman–Crippen LogP) is 2.97. The molecule has 1 aromatic heterocycles. The molecule has 0 saturated carbocycles. The van der Waals surface area contributed by atoms with Gasteiger partial charge in [0.15, 0.2) is 0 Å². The summed E-state index contributed by atoms with van der Waals surface area (Å²) in [5, 5.41) is 12.7. The summed E-state index contributed by atoms with van der Waals surface area (Å²) in [4.78, 5) is 14.9. The number of nitrogens with zero attached hydrogens (tertiary/aromatic N) is 3. The van der Waals surface area contributed by atoms with E-state index in [0.717, 1.165) is 50.1 Å². The molecule has 0 aliphatic carbocycles. The van der Waals surface area contributed by atoms with Crippen molar-refractivity contribution in [2.24, 2.45) is 0 Å². The highest BCUT2D eigenvalue weighted by Crippen LogP contribution is 2.28. The van der Waals surface area contributed by atoms with Crippen molar-refractivity contribution in [2.75, 3.05) is 25.0 Å². The molecule has 6 nitrogen and oxygen atoms in total. The zero-order chi connectivity index (χ0) is 18.7. The van der Waals surface area contributed by atoms with Crippen molar-refractivity contribution in [3.8, 4) is 6.07 Å². The standard InChI is InChI=1S/C20H30N4O2/c1-14-7-4-5-9-23(14)13-19(25)22-20-18(11-21)15(2)16(3)24(20)12-17-8-6-10-26-17/h14,17H,4-10,12-13H2,1-3H3,(H,22,25)/t14-,17+/m1/s1. The monoisotopic (exact) mass is 358 g/mol. The van der Waals surface area contributed by atoms with Crippen LogP contribution in [0.2, 0.25) is 0 Å². The minimum atomic E-state index is -0.0404. The zero-order valence-electron chi connectivity index (χ0n) is 16.2. The SMILES string of the molecule is Cc1c(C#N)c(NC(=O)CN2CCCC[C@H]2C)n(C[C@@H]2CCCO2)c1C. The topological polar surface area (TPSA) is 70.3 Å². The zero-order valence-corrected chi connectivity index (χ0v) is 16.2. The number of likely N-dealkylation sites (tertiary alicyclic amines) is 1. The molecule has 1 N–H and O–H groups in total. The maximum atomic E-state index is 12.7. The van der Waals surface area contributed by atoms with E-state index in [1.54, 1.807) is 0 Å². The van der Waals surface area contributed by atoms with Crippen LogP contribution in [0, 0.1) is 25.2 Å². The van der Waals surface area contributed by atoms with Crippen molar-refractivity contribution in [1.29, 1.82) is 5.26 Å². The number of hydrogen-bond acceptors (Lipinski definition) is 4. The Morgan fingerprint density at radius 1 is 1.31 bits per heavy atom. The van der Waals surface area contributed by atoms with Crippen LogP contribution in [0.4, 0.5) is 5.82 Å². The van der Waals surface area contributed by atoms with Gasteiger partial charge in [-0.05, 0) is 58.6 Å². The van der Waals surface area contributed by atoms with Crippen LogP contribution < -0.4 is 5.32 Å². The quantitative estimate of drug-likeness (QED) is 0.878. The molecule has 2 aliphatic heterocycles. The number of aromatic nitrogens is 1. The third kappa shape index (κ3) is 3.94. The van der Waals surface area contributed by atoms with Crippen LogP contribution >= 0.6 is 0 Å². The van der Waals surface area contributed by atoms with Crippen LogP contribution in [0.15, 0.2) is 0 Å². The second kappa shape index (κ2) is 8.24. The number of hydrogen-bond donors (Lipinski definition) is 1. The van der Waals surface area contributed by atoms with Crippen LogP contribution in [0.5, 0.6) is 0 Å². The van der Waals surface area contributed by atoms with Gasteiger partial charge in [-0.25, -0.2) is 0 Å². The van der Waals surface area contributed by atoms with Crippen molar-refractivity contribution in [3.05, 3.63) is 16.8 Å². The number of anilines is 1. The molecule has 2 atom stereocenters. The first-order chi connectivity index (χ1) is 12.5. The number of carbonyl (C=O) groups is 1. The Bertz CT molecular complexity index is 698. The van der Waals surface area contributed by atoms with Crippen molar-refractivity contribution in [3.63, 3.8) is 0 Å². The third-order valence-corrected chi connectivity index (χ3v) is 5.90. The second-order valence-corrected chi connectivity index (χ2v) is 7.65. The summed E-state index contributed by atoms with van der Waals surface area (Å²) >= 11 is 0. The van der Waals surface area contributed by atoms with E-state index in [1.165, 1.54) is 6.42 Å². The Hall–Kier alpha value is -1.84. The summed E-state index contributed by atoms with van der Waals surface area (Å²) in [5.74, 6) is 0.592. The summed E-state index contributed by atoms with van der Waals surface area (Å²) in [6.45, 7) is 8.97. The van der Waals surface area contributed by atoms with Crippen LogP contribution in [0.1, 0.15) is 55.8 Å². The molecule has 2 saturated heterocycles. The third-order valence-electron chi connectivity index (χ3n) is 5.90. The number of nitriles is 1. The van der Waals surface area contributed by atoms with Crippen molar-refractivity contribution >= 4 is 11.7 Å². The number of amides is 1. The van der Waals surface area contributed by atoms with Gasteiger partial charge in [0, 0.05) is 18.3 Å². The maximum Gasteiger partial charge on any atom is 0.239 e. The number of nitrogens with one attached hydrogen (secondary N) is 1. The minimum absolute atomic E-state index is 0.0404. The summed E-state index contributed by atoms with van der Waals surface area (Å²) in [6.07, 6.45) is 5.78. The fourth-order valence-electron chi connectivity index (χ4n) is 4.10. The van der Waals surface area contributed by atoms with Gasteiger partial charge in [-0.2, -0.15) is 5.26 Å². The Morgan fingerprint density at radius 2 is 2.12 bits per heavy atom. The van der Waals surface area contributed by atoms with E-state index in [0.29, 0.717) is 30.5 Å². The molecule has 1 amide bonds. The molecule has 142 valence electrons. The van der Waals surface area contributed by atoms with Crippen LogP contribution in [0.25, 0.3) is 0 Å². The highest BCUT2D eigenvalue weighted by Gasteiger charge is 2.25. The second-order valence-electron chi connectivity index (χ2n) is 7.65. The fraction of sp³-hybridized carbons (Fsp3) is 0.700. The Labute approximate surface area is 156 Å². The number of carbonyl (C=O) groups excluding carboxylic acids is 1. The molecule has 0 unspecified atom stereocenters. The molecule has 0 radical (unpaired) electrons. The highest BCUT2D eigenvalue weighted by atomic mass is 16.5. The first-order valence-electron chi connectivity index (χ1n) is 9.76. The van der Waals surface area contributed by atoms with Gasteiger partial charge in [0.05, 0.1) is 24.8 Å². The summed E-state index contributed by atoms with van der Waals surface area (Å²) in [7, 11) is 0. The molecule has 6 heteroatoms. The van der Waals surface area contributed by atoms with Gasteiger partial charge in [0.25, 0.3) is 0 Å². The van der Waals surface area contributed by atoms with E-state index in [-0.39, 0.29) is 12.0 Å². The average Bonchev–Trinajstić information content (AvgIpc) is 3.20. The van der Waals surface area contributed by atoms with Gasteiger partial charge in [-0.3, -0.25) is 9.69 Å². The van der Waals surface area contributed by atoms with Crippen LogP contribution in [-0.4, -0.2) is 47.2 Å².